The highest BCUT2D eigenvalue weighted by molar-refractivity contribution is 5.86. The molecule has 0 atom stereocenters. The summed E-state index contributed by atoms with van der Waals surface area (Å²) in [5.41, 5.74) is 8.02. The Hall–Kier alpha value is -3.72. The van der Waals surface area contributed by atoms with E-state index >= 15 is 0 Å². The van der Waals surface area contributed by atoms with Crippen LogP contribution in [-0.4, -0.2) is 69.5 Å². The molecule has 5 heterocycles. The Balaban J connectivity index is 1.26. The monoisotopic (exact) mass is 626 g/mol. The molecule has 3 aliphatic heterocycles. The van der Waals surface area contributed by atoms with Crippen LogP contribution in [0, 0.1) is 25.2 Å². The summed E-state index contributed by atoms with van der Waals surface area (Å²) in [4.78, 5) is 33.5. The molecule has 3 aromatic rings. The average molecular weight is 627 g/mol. The van der Waals surface area contributed by atoms with E-state index in [1.807, 2.05) is 33.0 Å². The van der Waals surface area contributed by atoms with Crippen molar-refractivity contribution in [2.75, 3.05) is 47.4 Å². The largest absolute Gasteiger partial charge is 0.481 e. The molecule has 2 saturated heterocycles. The summed E-state index contributed by atoms with van der Waals surface area (Å²) in [6, 6.07) is 8.71. The first-order valence-electron chi connectivity index (χ1n) is 16.9. The number of fused-ring (bicyclic) bond motifs is 1. The third-order valence-corrected chi connectivity index (χ3v) is 10.7. The zero-order chi connectivity index (χ0) is 32.8. The molecule has 46 heavy (non-hydrogen) atoms. The van der Waals surface area contributed by atoms with E-state index in [9.17, 15) is 15.0 Å². The summed E-state index contributed by atoms with van der Waals surface area (Å²) in [6.07, 6.45) is 6.76. The fraction of sp³-hybridized carbons (Fsp3) is 0.568. The zero-order valence-corrected chi connectivity index (χ0v) is 28.4. The smallest absolute Gasteiger partial charge is 0.307 e. The topological polar surface area (TPSA) is 106 Å². The quantitative estimate of drug-likeness (QED) is 0.329. The summed E-state index contributed by atoms with van der Waals surface area (Å²) in [7, 11) is 0. The highest BCUT2D eigenvalue weighted by Crippen LogP contribution is 2.42. The number of aliphatic hydroxyl groups is 1. The molecule has 2 aromatic heterocycles. The van der Waals surface area contributed by atoms with Crippen LogP contribution >= 0.6 is 0 Å². The number of aliphatic carboxylic acids is 1. The molecule has 2 N–H and O–H groups in total. The van der Waals surface area contributed by atoms with E-state index in [-0.39, 0.29) is 11.8 Å². The van der Waals surface area contributed by atoms with Gasteiger partial charge in [0.25, 0.3) is 0 Å². The average Bonchev–Trinajstić information content (AvgIpc) is 3.01. The third kappa shape index (κ3) is 6.70. The van der Waals surface area contributed by atoms with Crippen molar-refractivity contribution in [2.45, 2.75) is 92.2 Å². The molecular formula is C37H50N6O3. The molecule has 6 rings (SSSR count). The molecule has 0 amide bonds. The fourth-order valence-electron chi connectivity index (χ4n) is 7.62. The fourth-order valence-corrected chi connectivity index (χ4v) is 7.62. The molecule has 2 fully saturated rings. The third-order valence-electron chi connectivity index (χ3n) is 10.7. The van der Waals surface area contributed by atoms with Crippen LogP contribution < -0.4 is 14.7 Å². The minimum Gasteiger partial charge on any atom is -0.481 e. The zero-order valence-electron chi connectivity index (χ0n) is 28.4. The van der Waals surface area contributed by atoms with Crippen LogP contribution in [0.3, 0.4) is 0 Å². The lowest BCUT2D eigenvalue weighted by atomic mass is 9.82. The number of benzene rings is 1. The molecule has 3 aliphatic rings. The van der Waals surface area contributed by atoms with Crippen molar-refractivity contribution in [3.63, 3.8) is 0 Å². The molecule has 246 valence electrons. The lowest BCUT2D eigenvalue weighted by molar-refractivity contribution is -0.136. The number of carbonyl (C=O) groups is 1. The Morgan fingerprint density at radius 1 is 0.935 bits per heavy atom. The maximum Gasteiger partial charge on any atom is 0.307 e. The highest BCUT2D eigenvalue weighted by Gasteiger charge is 2.32. The maximum absolute atomic E-state index is 12.0. The van der Waals surface area contributed by atoms with Crippen LogP contribution in [0.5, 0.6) is 0 Å². The maximum atomic E-state index is 12.0. The summed E-state index contributed by atoms with van der Waals surface area (Å²) in [5, 5.41) is 20.3. The van der Waals surface area contributed by atoms with E-state index in [4.69, 9.17) is 9.97 Å². The first-order valence-corrected chi connectivity index (χ1v) is 16.9. The number of carboxylic acids is 1. The first-order chi connectivity index (χ1) is 21.8. The molecule has 9 nitrogen and oxygen atoms in total. The van der Waals surface area contributed by atoms with Crippen LogP contribution in [0.1, 0.15) is 81.5 Å². The highest BCUT2D eigenvalue weighted by atomic mass is 16.4. The Bertz CT molecular complexity index is 1600. The molecule has 0 bridgehead atoms. The first kappa shape index (κ1) is 32.2. The molecular weight excluding hydrogens is 576 g/mol. The standard InChI is InChI=1S/C37H50N6O3/c1-24-30(22-32(44)45)34(42-19-13-36(3,4)14-20-42)33(25(2)39-24)27-7-8-28-23-43(16-10-26(28)21-27)35-38-15-9-31(40-35)41-17-11-29(12-18-41)37(5,6)46/h7-9,15,21,29,46H,10-14,16-20,22-23H2,1-6H3,(H,44,45). The number of pyridine rings is 1. The summed E-state index contributed by atoms with van der Waals surface area (Å²) < 4.78 is 0. The van der Waals surface area contributed by atoms with Gasteiger partial charge >= 0.3 is 5.97 Å². The van der Waals surface area contributed by atoms with Crippen molar-refractivity contribution in [2.24, 2.45) is 11.3 Å². The molecule has 9 heteroatoms. The summed E-state index contributed by atoms with van der Waals surface area (Å²) in [6.45, 7) is 17.6. The molecule has 0 radical (unpaired) electrons. The van der Waals surface area contributed by atoms with Crippen molar-refractivity contribution >= 4 is 23.4 Å². The van der Waals surface area contributed by atoms with Crippen molar-refractivity contribution < 1.29 is 15.0 Å². The van der Waals surface area contributed by atoms with Gasteiger partial charge in [-0.15, -0.1) is 0 Å². The van der Waals surface area contributed by atoms with Gasteiger partial charge < -0.3 is 24.9 Å². The lowest BCUT2D eigenvalue weighted by Crippen LogP contribution is -2.42. The van der Waals surface area contributed by atoms with Crippen LogP contribution in [0.2, 0.25) is 0 Å². The van der Waals surface area contributed by atoms with E-state index in [1.54, 1.807) is 0 Å². The van der Waals surface area contributed by atoms with Gasteiger partial charge in [-0.3, -0.25) is 9.78 Å². The molecule has 0 spiro atoms. The van der Waals surface area contributed by atoms with Gasteiger partial charge in [0.05, 0.1) is 17.7 Å². The van der Waals surface area contributed by atoms with Crippen molar-refractivity contribution in [1.82, 2.24) is 15.0 Å². The van der Waals surface area contributed by atoms with Gasteiger partial charge in [0.2, 0.25) is 5.95 Å². The number of carboxylic acid groups (broad SMARTS) is 1. The number of hydrogen-bond donors (Lipinski definition) is 2. The Kier molecular flexibility index (Phi) is 8.74. The van der Waals surface area contributed by atoms with E-state index < -0.39 is 11.6 Å². The Morgan fingerprint density at radius 2 is 1.65 bits per heavy atom. The number of aryl methyl sites for hydroxylation is 2. The minimum atomic E-state index is -0.825. The van der Waals surface area contributed by atoms with E-state index in [2.05, 4.69) is 58.7 Å². The summed E-state index contributed by atoms with van der Waals surface area (Å²) in [5.74, 6) is 1.19. The number of anilines is 3. The van der Waals surface area contributed by atoms with Gasteiger partial charge in [0, 0.05) is 68.0 Å². The number of rotatable bonds is 7. The number of aromatic nitrogens is 3. The predicted octanol–water partition coefficient (Wildman–Crippen LogP) is 5.96. The second-order valence-corrected chi connectivity index (χ2v) is 15.0. The number of hydrogen-bond acceptors (Lipinski definition) is 8. The van der Waals surface area contributed by atoms with Crippen LogP contribution in [0.25, 0.3) is 11.1 Å². The number of nitrogens with zero attached hydrogens (tertiary/aromatic N) is 6. The van der Waals surface area contributed by atoms with Gasteiger partial charge in [0.1, 0.15) is 5.82 Å². The molecule has 0 unspecified atom stereocenters. The van der Waals surface area contributed by atoms with E-state index in [1.165, 1.54) is 11.1 Å². The van der Waals surface area contributed by atoms with Crippen LogP contribution in [-0.2, 0) is 24.2 Å². The van der Waals surface area contributed by atoms with Gasteiger partial charge in [0.15, 0.2) is 0 Å². The normalized spacial score (nSPS) is 18.9. The minimum absolute atomic E-state index is 0.0300. The molecule has 0 saturated carbocycles. The van der Waals surface area contributed by atoms with Gasteiger partial charge in [-0.2, -0.15) is 4.98 Å². The van der Waals surface area contributed by atoms with E-state index in [0.717, 1.165) is 117 Å². The van der Waals surface area contributed by atoms with Gasteiger partial charge in [-0.1, -0.05) is 32.0 Å². The van der Waals surface area contributed by atoms with Crippen molar-refractivity contribution in [1.29, 1.82) is 0 Å². The Labute approximate surface area is 273 Å². The second kappa shape index (κ2) is 12.5. The SMILES string of the molecule is Cc1nc(C)c(-c2ccc3c(c2)CCN(c2nccc(N4CCC(C(C)(C)O)CC4)n2)C3)c(N2CCC(C)(C)CC2)c1CC(=O)O. The van der Waals surface area contributed by atoms with Crippen LogP contribution in [0.15, 0.2) is 30.5 Å². The molecule has 1 aromatic carbocycles. The van der Waals surface area contributed by atoms with Gasteiger partial charge in [-0.25, -0.2) is 4.98 Å². The van der Waals surface area contributed by atoms with Crippen molar-refractivity contribution in [3.05, 3.63) is 58.5 Å². The Morgan fingerprint density at radius 3 is 2.33 bits per heavy atom. The predicted molar refractivity (Wildman–Crippen MR) is 184 cm³/mol. The lowest BCUT2D eigenvalue weighted by Gasteiger charge is -2.40. The van der Waals surface area contributed by atoms with E-state index in [0.29, 0.717) is 5.92 Å². The number of piperidine rings is 2. The molecule has 0 aliphatic carbocycles. The van der Waals surface area contributed by atoms with Crippen LogP contribution in [0.4, 0.5) is 17.5 Å². The second-order valence-electron chi connectivity index (χ2n) is 15.0. The summed E-state index contributed by atoms with van der Waals surface area (Å²) >= 11 is 0. The van der Waals surface area contributed by atoms with Crippen molar-refractivity contribution in [3.8, 4) is 11.1 Å². The van der Waals surface area contributed by atoms with Gasteiger partial charge in [-0.05, 0) is 93.9 Å².